The minimum absolute atomic E-state index is 0.261. The van der Waals surface area contributed by atoms with E-state index in [0.717, 1.165) is 26.8 Å². The Balaban J connectivity index is 1.53. The second-order valence-corrected chi connectivity index (χ2v) is 8.38. The number of quaternary nitrogens is 1. The van der Waals surface area contributed by atoms with Crippen molar-refractivity contribution in [1.29, 1.82) is 0 Å². The molecule has 0 aromatic heterocycles. The zero-order valence-corrected chi connectivity index (χ0v) is 16.6. The smallest absolute Gasteiger partial charge is 0.277 e. The number of anilines is 1. The van der Waals surface area contributed by atoms with Gasteiger partial charge in [-0.15, -0.1) is 0 Å². The predicted octanol–water partition coefficient (Wildman–Crippen LogP) is 1.42. The quantitative estimate of drug-likeness (QED) is 0.627. The van der Waals surface area contributed by atoms with Crippen molar-refractivity contribution in [3.05, 3.63) is 84.1 Å². The van der Waals surface area contributed by atoms with Crippen LogP contribution in [0.3, 0.4) is 0 Å². The fourth-order valence-corrected chi connectivity index (χ4v) is 5.72. The highest BCUT2D eigenvalue weighted by molar-refractivity contribution is 6.26. The Morgan fingerprint density at radius 3 is 2.42 bits per heavy atom. The number of imide groups is 1. The van der Waals surface area contributed by atoms with Gasteiger partial charge in [-0.1, -0.05) is 60.7 Å². The van der Waals surface area contributed by atoms with Gasteiger partial charge in [0.05, 0.1) is 11.9 Å². The maximum absolute atomic E-state index is 13.8. The van der Waals surface area contributed by atoms with Gasteiger partial charge in [0, 0.05) is 10.9 Å². The molecular weight excluding hydrogens is 390 g/mol. The molecule has 31 heavy (non-hydrogen) atoms. The summed E-state index contributed by atoms with van der Waals surface area (Å²) in [7, 11) is 0. The van der Waals surface area contributed by atoms with E-state index in [1.54, 1.807) is 6.07 Å². The molecule has 3 N–H and O–H groups in total. The largest absolute Gasteiger partial charge is 0.364 e. The van der Waals surface area contributed by atoms with Gasteiger partial charge in [0.2, 0.25) is 11.8 Å². The van der Waals surface area contributed by atoms with E-state index in [0.29, 0.717) is 5.69 Å². The lowest BCUT2D eigenvalue weighted by atomic mass is 9.84. The van der Waals surface area contributed by atoms with E-state index in [9.17, 15) is 14.4 Å². The molecule has 0 bridgehead atoms. The summed E-state index contributed by atoms with van der Waals surface area (Å²) >= 11 is 0. The molecule has 3 amide bonds. The third-order valence-electron chi connectivity index (χ3n) is 6.93. The number of benzene rings is 3. The second kappa shape index (κ2) is 6.36. The zero-order valence-electron chi connectivity index (χ0n) is 16.6. The Kier molecular flexibility index (Phi) is 3.70. The molecule has 3 aromatic rings. The van der Waals surface area contributed by atoms with Gasteiger partial charge in [0.1, 0.15) is 17.9 Å². The Labute approximate surface area is 178 Å². The van der Waals surface area contributed by atoms with E-state index in [2.05, 4.69) is 0 Å². The first-order valence-corrected chi connectivity index (χ1v) is 10.4. The van der Waals surface area contributed by atoms with Gasteiger partial charge in [-0.3, -0.25) is 19.3 Å². The predicted molar refractivity (Wildman–Crippen MR) is 116 cm³/mol. The number of amides is 3. The summed E-state index contributed by atoms with van der Waals surface area (Å²) in [5.74, 6) is -2.58. The van der Waals surface area contributed by atoms with Crippen LogP contribution < -0.4 is 15.5 Å². The van der Waals surface area contributed by atoms with Crippen molar-refractivity contribution >= 4 is 40.3 Å². The summed E-state index contributed by atoms with van der Waals surface area (Å²) < 4.78 is 0. The molecule has 0 aliphatic carbocycles. The van der Waals surface area contributed by atoms with Gasteiger partial charge in [-0.2, -0.15) is 0 Å². The standard InChI is InChI=1S/C25H19N3O3/c26-23(29)22-20-19(21-17-10-4-2-7-15(17)12-13-27(21)22)24(30)28(25(20)31)18-11-5-8-14-6-1-3-9-16(14)18/h1-13,19-22H,(H2,26,29)/p+1/t19-,20+,21+,22-/m1/s1. The number of primary amides is 1. The van der Waals surface area contributed by atoms with Crippen LogP contribution in [0.5, 0.6) is 0 Å². The summed E-state index contributed by atoms with van der Waals surface area (Å²) in [5.41, 5.74) is 8.32. The maximum atomic E-state index is 13.8. The third kappa shape index (κ3) is 2.33. The number of nitrogens with two attached hydrogens (primary N) is 1. The van der Waals surface area contributed by atoms with Gasteiger partial charge in [0.15, 0.2) is 6.04 Å². The van der Waals surface area contributed by atoms with Gasteiger partial charge < -0.3 is 5.73 Å². The lowest BCUT2D eigenvalue weighted by Gasteiger charge is -2.30. The fourth-order valence-electron chi connectivity index (χ4n) is 5.72. The van der Waals surface area contributed by atoms with Crippen molar-refractivity contribution in [3.63, 3.8) is 0 Å². The summed E-state index contributed by atoms with van der Waals surface area (Å²) in [6, 6.07) is 20.0. The minimum Gasteiger partial charge on any atom is -0.364 e. The number of carbonyl (C=O) groups excluding carboxylic acids is 3. The Hall–Kier alpha value is -3.77. The molecule has 3 heterocycles. The van der Waals surface area contributed by atoms with E-state index in [-0.39, 0.29) is 17.9 Å². The van der Waals surface area contributed by atoms with Crippen LogP contribution in [0.25, 0.3) is 16.8 Å². The molecule has 3 aliphatic rings. The number of nitrogens with zero attached hydrogens (tertiary/aromatic N) is 1. The first kappa shape index (κ1) is 18.0. The summed E-state index contributed by atoms with van der Waals surface area (Å²) in [4.78, 5) is 42.0. The Morgan fingerprint density at radius 1 is 0.871 bits per heavy atom. The summed E-state index contributed by atoms with van der Waals surface area (Å²) in [5, 5.41) is 1.78. The molecule has 1 unspecified atom stereocenters. The highest BCUT2D eigenvalue weighted by atomic mass is 16.2. The molecule has 3 aliphatic heterocycles. The van der Waals surface area contributed by atoms with E-state index in [4.69, 9.17) is 5.73 Å². The average molecular weight is 410 g/mol. The Bertz CT molecular complexity index is 1310. The van der Waals surface area contributed by atoms with Crippen molar-refractivity contribution in [3.8, 4) is 0 Å². The minimum atomic E-state index is -0.781. The van der Waals surface area contributed by atoms with Gasteiger partial charge >= 0.3 is 0 Å². The van der Waals surface area contributed by atoms with Crippen LogP contribution in [-0.2, 0) is 14.4 Å². The topological polar surface area (TPSA) is 84.9 Å². The summed E-state index contributed by atoms with van der Waals surface area (Å²) in [6.45, 7) is 0. The number of carbonyl (C=O) groups is 3. The van der Waals surface area contributed by atoms with Crippen LogP contribution in [0.15, 0.2) is 72.9 Å². The molecule has 2 fully saturated rings. The number of fused-ring (bicyclic) bond motifs is 6. The first-order valence-electron chi connectivity index (χ1n) is 10.4. The van der Waals surface area contributed by atoms with Crippen molar-refractivity contribution in [2.24, 2.45) is 17.6 Å². The highest BCUT2D eigenvalue weighted by Gasteiger charge is 2.68. The van der Waals surface area contributed by atoms with Gasteiger partial charge in [-0.25, -0.2) is 4.90 Å². The lowest BCUT2D eigenvalue weighted by Crippen LogP contribution is -3.12. The van der Waals surface area contributed by atoms with Crippen molar-refractivity contribution in [1.82, 2.24) is 0 Å². The summed E-state index contributed by atoms with van der Waals surface area (Å²) in [6.07, 6.45) is 3.82. The monoisotopic (exact) mass is 410 g/mol. The van der Waals surface area contributed by atoms with Crippen LogP contribution in [0.1, 0.15) is 17.2 Å². The Morgan fingerprint density at radius 2 is 1.58 bits per heavy atom. The van der Waals surface area contributed by atoms with Crippen LogP contribution >= 0.6 is 0 Å². The number of rotatable bonds is 2. The van der Waals surface area contributed by atoms with Gasteiger partial charge in [0.25, 0.3) is 5.91 Å². The number of nitrogens with one attached hydrogen (secondary N) is 1. The molecule has 3 aromatic carbocycles. The average Bonchev–Trinajstić information content (AvgIpc) is 3.26. The number of hydrogen-bond donors (Lipinski definition) is 2. The van der Waals surface area contributed by atoms with Gasteiger partial charge in [-0.05, 0) is 23.1 Å². The molecule has 6 heteroatoms. The molecular formula is C25H20N3O3+. The molecule has 6 nitrogen and oxygen atoms in total. The highest BCUT2D eigenvalue weighted by Crippen LogP contribution is 2.45. The van der Waals surface area contributed by atoms with Crippen molar-refractivity contribution in [2.75, 3.05) is 4.90 Å². The fraction of sp³-hybridized carbons (Fsp3) is 0.160. The molecule has 6 rings (SSSR count). The molecule has 0 saturated carbocycles. The van der Waals surface area contributed by atoms with E-state index in [1.165, 1.54) is 4.90 Å². The molecule has 0 radical (unpaired) electrons. The third-order valence-corrected chi connectivity index (χ3v) is 6.93. The van der Waals surface area contributed by atoms with E-state index < -0.39 is 23.8 Å². The molecule has 2 saturated heterocycles. The zero-order chi connectivity index (χ0) is 21.3. The molecule has 152 valence electrons. The first-order chi connectivity index (χ1) is 15.1. The molecule has 5 atom stereocenters. The SMILES string of the molecule is NC(=O)[C@H]1[C@H]2C(=O)N(c3cccc4ccccc34)C(=O)[C@H]2[C@@H]2c3ccccc3C=C[NH+]12. The van der Waals surface area contributed by atoms with Crippen LogP contribution in [0.4, 0.5) is 5.69 Å². The second-order valence-electron chi connectivity index (χ2n) is 8.38. The number of hydrogen-bond acceptors (Lipinski definition) is 3. The maximum Gasteiger partial charge on any atom is 0.277 e. The van der Waals surface area contributed by atoms with Crippen LogP contribution in [0, 0.1) is 11.8 Å². The molecule has 0 spiro atoms. The van der Waals surface area contributed by atoms with Crippen LogP contribution in [-0.4, -0.2) is 23.8 Å². The van der Waals surface area contributed by atoms with Crippen molar-refractivity contribution < 1.29 is 19.3 Å². The lowest BCUT2D eigenvalue weighted by molar-refractivity contribution is -0.884. The van der Waals surface area contributed by atoms with E-state index >= 15 is 0 Å². The van der Waals surface area contributed by atoms with Crippen LogP contribution in [0.2, 0.25) is 0 Å². The van der Waals surface area contributed by atoms with Crippen molar-refractivity contribution in [2.45, 2.75) is 12.1 Å². The normalized spacial score (nSPS) is 28.5. The van der Waals surface area contributed by atoms with E-state index in [1.807, 2.05) is 72.9 Å².